The van der Waals surface area contributed by atoms with Crippen LogP contribution in [0.5, 0.6) is 11.5 Å². The van der Waals surface area contributed by atoms with Gasteiger partial charge in [-0.25, -0.2) is 4.39 Å². The van der Waals surface area contributed by atoms with Crippen molar-refractivity contribution in [3.63, 3.8) is 0 Å². The van der Waals surface area contributed by atoms with Crippen molar-refractivity contribution in [2.45, 2.75) is 82.8 Å². The van der Waals surface area contributed by atoms with Crippen LogP contribution in [0.25, 0.3) is 33.2 Å². The van der Waals surface area contributed by atoms with Crippen molar-refractivity contribution < 1.29 is 31.8 Å². The summed E-state index contributed by atoms with van der Waals surface area (Å²) >= 11 is 7.10. The first-order valence-electron chi connectivity index (χ1n) is 19.0. The molecule has 7 rings (SSSR count). The van der Waals surface area contributed by atoms with E-state index < -0.39 is 17.6 Å². The topological polar surface area (TPSA) is 80.6 Å². The van der Waals surface area contributed by atoms with Crippen LogP contribution in [0.15, 0.2) is 66.9 Å². The number of rotatable bonds is 13. The van der Waals surface area contributed by atoms with Crippen LogP contribution in [0.4, 0.5) is 17.6 Å². The lowest BCUT2D eigenvalue weighted by molar-refractivity contribution is -0.138. The van der Waals surface area contributed by atoms with Gasteiger partial charge in [0.25, 0.3) is 0 Å². The van der Waals surface area contributed by atoms with Gasteiger partial charge in [0.05, 0.1) is 43.1 Å². The molecule has 0 spiro atoms. The van der Waals surface area contributed by atoms with Crippen molar-refractivity contribution in [3.05, 3.63) is 100.0 Å². The molecule has 2 aliphatic rings. The van der Waals surface area contributed by atoms with Gasteiger partial charge in [-0.05, 0) is 73.3 Å². The summed E-state index contributed by atoms with van der Waals surface area (Å²) in [5.74, 6) is 0.314. The number of amides is 1. The smallest absolute Gasteiger partial charge is 0.416 e. The molecule has 1 aromatic heterocycles. The molecule has 1 unspecified atom stereocenters. The number of methoxy groups -OCH3 is 2. The Morgan fingerprint density at radius 2 is 1.68 bits per heavy atom. The summed E-state index contributed by atoms with van der Waals surface area (Å²) in [7, 11) is 4.94. The summed E-state index contributed by atoms with van der Waals surface area (Å²) < 4.78 is 72.5. The van der Waals surface area contributed by atoms with Crippen LogP contribution in [0, 0.1) is 5.82 Å². The fourth-order valence-electron chi connectivity index (χ4n) is 8.21. The molecule has 1 aliphatic carbocycles. The van der Waals surface area contributed by atoms with E-state index in [9.17, 15) is 18.0 Å². The van der Waals surface area contributed by atoms with Crippen LogP contribution < -0.4 is 20.1 Å². The molecular formula is C43H46ClF4N5O3. The average molecular weight is 792 g/mol. The number of ether oxygens (including phenoxy) is 2. The molecule has 1 aliphatic heterocycles. The summed E-state index contributed by atoms with van der Waals surface area (Å²) in [6.45, 7) is 0.934. The van der Waals surface area contributed by atoms with Crippen LogP contribution in [0.2, 0.25) is 5.02 Å². The minimum atomic E-state index is -4.59. The van der Waals surface area contributed by atoms with Gasteiger partial charge in [-0.1, -0.05) is 61.2 Å². The molecule has 5 aromatic rings. The van der Waals surface area contributed by atoms with Crippen LogP contribution in [-0.2, 0) is 30.6 Å². The van der Waals surface area contributed by atoms with Crippen LogP contribution in [0.1, 0.15) is 67.2 Å². The Morgan fingerprint density at radius 1 is 0.946 bits per heavy atom. The molecule has 8 nitrogen and oxygen atoms in total. The maximum Gasteiger partial charge on any atom is 0.416 e. The SMILES string of the molecule is COc1cc(Cn2ncc3c(-c4cccc(-c5cc(F)c(CNCC6CCC(=O)N6)c(OC)c5)c4Cl)cccc32)c(C(F)(F)F)cc1CN(C)C1CCCCC1. The maximum absolute atomic E-state index is 15.7. The Kier molecular flexibility index (Phi) is 11.9. The monoisotopic (exact) mass is 791 g/mol. The second-order valence-corrected chi connectivity index (χ2v) is 15.2. The van der Waals surface area contributed by atoms with Gasteiger partial charge in [-0.15, -0.1) is 0 Å². The molecule has 0 radical (unpaired) electrons. The Hall–Kier alpha value is -4.65. The first kappa shape index (κ1) is 39.6. The second kappa shape index (κ2) is 16.8. The summed E-state index contributed by atoms with van der Waals surface area (Å²) in [5.41, 5.74) is 3.29. The van der Waals surface area contributed by atoms with E-state index in [1.165, 1.54) is 38.8 Å². The van der Waals surface area contributed by atoms with Crippen LogP contribution in [-0.4, -0.2) is 60.5 Å². The lowest BCUT2D eigenvalue weighted by Gasteiger charge is -2.32. The zero-order valence-electron chi connectivity index (χ0n) is 31.7. The number of nitrogens with one attached hydrogen (secondary N) is 2. The van der Waals surface area contributed by atoms with Crippen molar-refractivity contribution in [2.24, 2.45) is 0 Å². The molecule has 13 heteroatoms. The number of hydrogen-bond acceptors (Lipinski definition) is 6. The van der Waals surface area contributed by atoms with Crippen LogP contribution in [0.3, 0.4) is 0 Å². The van der Waals surface area contributed by atoms with Gasteiger partial charge in [-0.3, -0.25) is 14.4 Å². The highest BCUT2D eigenvalue weighted by Crippen LogP contribution is 2.42. The van der Waals surface area contributed by atoms with Crippen molar-refractivity contribution >= 4 is 28.4 Å². The van der Waals surface area contributed by atoms with Crippen molar-refractivity contribution in [1.29, 1.82) is 0 Å². The summed E-state index contributed by atoms with van der Waals surface area (Å²) in [5, 5.41) is 11.7. The van der Waals surface area contributed by atoms with Gasteiger partial charge in [0.15, 0.2) is 0 Å². The number of alkyl halides is 3. The van der Waals surface area contributed by atoms with Gasteiger partial charge in [0.2, 0.25) is 5.91 Å². The number of fused-ring (bicyclic) bond motifs is 1. The molecule has 1 saturated carbocycles. The third-order valence-electron chi connectivity index (χ3n) is 11.2. The predicted molar refractivity (Wildman–Crippen MR) is 210 cm³/mol. The predicted octanol–water partition coefficient (Wildman–Crippen LogP) is 9.38. The van der Waals surface area contributed by atoms with Crippen molar-refractivity contribution in [2.75, 3.05) is 27.8 Å². The molecule has 2 fully saturated rings. The van der Waals surface area contributed by atoms with E-state index >= 15 is 4.39 Å². The molecule has 2 heterocycles. The van der Waals surface area contributed by atoms with Gasteiger partial charge < -0.3 is 20.1 Å². The number of halogens is 5. The lowest BCUT2D eigenvalue weighted by atomic mass is 9.94. The van der Waals surface area contributed by atoms with Gasteiger partial charge >= 0.3 is 6.18 Å². The molecule has 1 amide bonds. The minimum absolute atomic E-state index is 0.00400. The van der Waals surface area contributed by atoms with Gasteiger partial charge in [0, 0.05) is 65.8 Å². The fraction of sp³-hybridized carbons (Fsp3) is 0.395. The zero-order valence-corrected chi connectivity index (χ0v) is 32.5. The van der Waals surface area contributed by atoms with E-state index in [1.807, 2.05) is 37.4 Å². The van der Waals surface area contributed by atoms with E-state index in [1.54, 1.807) is 23.0 Å². The largest absolute Gasteiger partial charge is 0.496 e. The normalized spacial score (nSPS) is 16.5. The van der Waals surface area contributed by atoms with E-state index in [4.69, 9.17) is 21.1 Å². The highest BCUT2D eigenvalue weighted by molar-refractivity contribution is 6.36. The number of hydrogen-bond donors (Lipinski definition) is 2. The number of nitrogens with zero attached hydrogens (tertiary/aromatic N) is 3. The molecule has 296 valence electrons. The highest BCUT2D eigenvalue weighted by atomic mass is 35.5. The molecule has 4 aromatic carbocycles. The van der Waals surface area contributed by atoms with Crippen LogP contribution >= 0.6 is 11.6 Å². The number of benzene rings is 4. The number of carbonyl (C=O) groups is 1. The zero-order chi connectivity index (χ0) is 39.6. The average Bonchev–Trinajstić information content (AvgIpc) is 3.80. The second-order valence-electron chi connectivity index (χ2n) is 14.8. The molecule has 2 N–H and O–H groups in total. The Morgan fingerprint density at radius 3 is 2.39 bits per heavy atom. The van der Waals surface area contributed by atoms with Gasteiger partial charge in [0.1, 0.15) is 17.3 Å². The van der Waals surface area contributed by atoms with E-state index in [0.29, 0.717) is 80.8 Å². The fourth-order valence-corrected chi connectivity index (χ4v) is 8.54. The summed E-state index contributed by atoms with van der Waals surface area (Å²) in [6, 6.07) is 17.2. The molecule has 1 saturated heterocycles. The molecule has 0 bridgehead atoms. The molecular weight excluding hydrogens is 746 g/mol. The van der Waals surface area contributed by atoms with E-state index in [2.05, 4.69) is 20.6 Å². The Balaban J connectivity index is 1.17. The summed E-state index contributed by atoms with van der Waals surface area (Å²) in [6.07, 6.45) is 3.78. The first-order valence-corrected chi connectivity index (χ1v) is 19.4. The van der Waals surface area contributed by atoms with Crippen molar-refractivity contribution in [1.82, 2.24) is 25.3 Å². The van der Waals surface area contributed by atoms with Crippen molar-refractivity contribution in [3.8, 4) is 33.8 Å². The molecule has 1 atom stereocenters. The maximum atomic E-state index is 15.7. The highest BCUT2D eigenvalue weighted by Gasteiger charge is 2.35. The number of carbonyl (C=O) groups excluding carboxylic acids is 1. The minimum Gasteiger partial charge on any atom is -0.496 e. The Bertz CT molecular complexity index is 2220. The quantitative estimate of drug-likeness (QED) is 0.116. The standard InChI is InChI=1S/C43H46ClF4N5O3/c1-52(30-9-5-4-6-10-30)24-28-17-36(43(46,47)48)27(20-39(28)55-2)25-53-38-14-8-12-32(34(38)23-50-53)33-13-7-11-31(42(33)44)26-18-37(45)35(40(19-26)56-3)22-49-21-29-15-16-41(54)51-29/h7-8,11-14,17-20,23,29-30,49H,4-6,9-10,15-16,21-22,24-25H2,1-3H3,(H,51,54). The lowest BCUT2D eigenvalue weighted by Crippen LogP contribution is -2.35. The molecule has 56 heavy (non-hydrogen) atoms. The van der Waals surface area contributed by atoms with E-state index in [0.717, 1.165) is 37.7 Å². The third-order valence-corrected chi connectivity index (χ3v) is 11.6. The third kappa shape index (κ3) is 8.38. The van der Waals surface area contributed by atoms with Gasteiger partial charge in [-0.2, -0.15) is 18.3 Å². The number of aromatic nitrogens is 2. The first-order chi connectivity index (χ1) is 26.9. The summed E-state index contributed by atoms with van der Waals surface area (Å²) in [4.78, 5) is 13.7. The van der Waals surface area contributed by atoms with E-state index in [-0.39, 0.29) is 30.6 Å². The Labute approximate surface area is 329 Å².